The van der Waals surface area contributed by atoms with E-state index in [0.717, 1.165) is 147 Å². The third kappa shape index (κ3) is 14.3. The Hall–Kier alpha value is -8.27. The van der Waals surface area contributed by atoms with Crippen LogP contribution in [0.4, 0.5) is 23.0 Å². The summed E-state index contributed by atoms with van der Waals surface area (Å²) < 4.78 is 26.1. The molecule has 4 N–H and O–H groups in total. The number of fused-ring (bicyclic) bond motifs is 2. The minimum Gasteiger partial charge on any atom is -0.497 e. The zero-order valence-electron chi connectivity index (χ0n) is 44.6. The molecule has 0 bridgehead atoms. The number of methoxy groups -OCH3 is 2. The molecule has 6 heterocycles. The predicted octanol–water partition coefficient (Wildman–Crippen LogP) is 8.60. The summed E-state index contributed by atoms with van der Waals surface area (Å²) in [5.74, 6) is 4.80. The largest absolute Gasteiger partial charge is 0.497 e. The molecule has 0 radical (unpaired) electrons. The third-order valence-electron chi connectivity index (χ3n) is 13.6. The van der Waals surface area contributed by atoms with Crippen molar-refractivity contribution < 1.29 is 29.0 Å². The van der Waals surface area contributed by atoms with Crippen molar-refractivity contribution in [2.45, 2.75) is 26.2 Å². The van der Waals surface area contributed by atoms with E-state index in [1.165, 1.54) is 24.6 Å². The number of anilines is 4. The zero-order valence-corrected chi connectivity index (χ0v) is 45.4. The molecule has 80 heavy (non-hydrogen) atoms. The Bertz CT molecular complexity index is 3630. The lowest BCUT2D eigenvalue weighted by Gasteiger charge is -2.26. The van der Waals surface area contributed by atoms with Gasteiger partial charge in [-0.1, -0.05) is 90.5 Å². The molecule has 0 spiro atoms. The van der Waals surface area contributed by atoms with Gasteiger partial charge in [0, 0.05) is 73.8 Å². The fraction of sp³-hybridized carbons (Fsp3) is 0.233. The minimum atomic E-state index is -1.47. The van der Waals surface area contributed by atoms with Crippen LogP contribution in [-0.2, 0) is 35.7 Å². The van der Waals surface area contributed by atoms with Gasteiger partial charge in [0.2, 0.25) is 0 Å². The summed E-state index contributed by atoms with van der Waals surface area (Å²) in [6.45, 7) is 9.92. The molecule has 2 aliphatic heterocycles. The maximum atomic E-state index is 8.81. The van der Waals surface area contributed by atoms with Gasteiger partial charge in [-0.05, 0) is 77.9 Å². The van der Waals surface area contributed by atoms with Gasteiger partial charge in [-0.15, -0.1) is 0 Å². The van der Waals surface area contributed by atoms with Gasteiger partial charge in [-0.2, -0.15) is 0 Å². The number of benzene rings is 6. The minimum absolute atomic E-state index is 0.384. The molecule has 2 saturated heterocycles. The number of para-hydroxylation sites is 6. The van der Waals surface area contributed by atoms with Crippen molar-refractivity contribution in [3.05, 3.63) is 198 Å². The van der Waals surface area contributed by atoms with Crippen LogP contribution in [0.2, 0.25) is 5.15 Å². The van der Waals surface area contributed by atoms with Crippen molar-refractivity contribution >= 4 is 69.3 Å². The topological polar surface area (TPSA) is 195 Å². The number of rotatable bonds is 16. The number of hydrogen-bond donors (Lipinski definition) is 4. The summed E-state index contributed by atoms with van der Waals surface area (Å²) in [7, 11) is 1.69. The Balaban J connectivity index is 0.000000154. The molecule has 12 rings (SSSR count). The Morgan fingerprint density at radius 1 is 0.525 bits per heavy atom. The molecule has 2 fully saturated rings. The van der Waals surface area contributed by atoms with E-state index in [1.54, 1.807) is 43.8 Å². The van der Waals surface area contributed by atoms with E-state index in [-0.39, 0.29) is 0 Å². The lowest BCUT2D eigenvalue weighted by atomic mass is 9.80. The highest BCUT2D eigenvalue weighted by Gasteiger charge is 2.20. The molecule has 18 nitrogen and oxygen atoms in total. The number of halogens is 1. The number of nitrogens with zero attached hydrogens (tertiary/aromatic N) is 10. The predicted molar refractivity (Wildman–Crippen MR) is 313 cm³/mol. The smallest absolute Gasteiger partial charge is 0.492 e. The van der Waals surface area contributed by atoms with E-state index in [2.05, 4.69) is 122 Å². The molecule has 0 atom stereocenters. The van der Waals surface area contributed by atoms with E-state index < -0.39 is 7.12 Å². The normalized spacial score (nSPS) is 13.7. The molecule has 0 saturated carbocycles. The molecule has 408 valence electrons. The summed E-state index contributed by atoms with van der Waals surface area (Å²) >= 11 is 5.98. The van der Waals surface area contributed by atoms with Crippen LogP contribution in [0.1, 0.15) is 22.8 Å². The number of ether oxygens (including phenoxy) is 4. The van der Waals surface area contributed by atoms with Crippen LogP contribution < -0.4 is 25.6 Å². The maximum absolute atomic E-state index is 8.81. The molecule has 2 aliphatic rings. The first-order valence-corrected chi connectivity index (χ1v) is 26.8. The Labute approximate surface area is 469 Å². The lowest BCUT2D eigenvalue weighted by molar-refractivity contribution is 0.0326. The average Bonchev–Trinajstić information content (AvgIpc) is 4.02. The fourth-order valence-electron chi connectivity index (χ4n) is 9.63. The highest BCUT2D eigenvalue weighted by Crippen LogP contribution is 2.30. The standard InChI is InChI=1S/C30H30N6O2.C23H23ClN6O.C7H9BO3/c1-37-28-12-5-2-9-24(28)26-18-29(32-21-31-26)33-23-8-6-7-22(17-23)19-36-27-11-4-3-10-25(27)34-30(36)20-35-13-15-38-16-14-35;24-21-13-22(26-16-25-21)27-18-5-3-4-17(12-18)14-30-20-7-2-1-6-19(20)28-23(30)15-29-8-10-31-11-9-29;1-11-7-5-3-2-4-6(7)8(9)10/h2-12,17-18,21H,13-16,19-20H2,1H3,(H,31,32,33);1-7,12-13,16H,8-11,14-15H2,(H,25,26,27);2-5,9-10H,1H3. The summed E-state index contributed by atoms with van der Waals surface area (Å²) in [6.07, 6.45) is 3.02. The Morgan fingerprint density at radius 2 is 1.01 bits per heavy atom. The van der Waals surface area contributed by atoms with E-state index in [0.29, 0.717) is 22.2 Å². The highest BCUT2D eigenvalue weighted by atomic mass is 35.5. The first-order valence-electron chi connectivity index (χ1n) is 26.4. The summed E-state index contributed by atoms with van der Waals surface area (Å²) in [4.78, 5) is 31.8. The molecule has 20 heteroatoms. The summed E-state index contributed by atoms with van der Waals surface area (Å²) in [5, 5.41) is 24.8. The molecular weight excluding hydrogens is 1030 g/mol. The third-order valence-corrected chi connectivity index (χ3v) is 13.8. The summed E-state index contributed by atoms with van der Waals surface area (Å²) in [6, 6.07) is 51.7. The molecule has 0 aliphatic carbocycles. The van der Waals surface area contributed by atoms with Gasteiger partial charge in [-0.3, -0.25) is 9.80 Å². The Kier molecular flexibility index (Phi) is 18.6. The van der Waals surface area contributed by atoms with Crippen LogP contribution >= 0.6 is 11.6 Å². The second-order valence-electron chi connectivity index (χ2n) is 19.0. The van der Waals surface area contributed by atoms with Crippen molar-refractivity contribution in [3.8, 4) is 22.8 Å². The van der Waals surface area contributed by atoms with Crippen LogP contribution in [0.25, 0.3) is 33.3 Å². The number of morpholine rings is 2. The van der Waals surface area contributed by atoms with Crippen molar-refractivity contribution in [2.24, 2.45) is 0 Å². The number of hydrogen-bond acceptors (Lipinski definition) is 16. The summed E-state index contributed by atoms with van der Waals surface area (Å²) in [5.41, 5.74) is 10.7. The first kappa shape index (κ1) is 55.1. The lowest BCUT2D eigenvalue weighted by Crippen LogP contribution is -2.36. The van der Waals surface area contributed by atoms with Crippen LogP contribution in [0, 0.1) is 0 Å². The molecule has 10 aromatic rings. The van der Waals surface area contributed by atoms with Crippen molar-refractivity contribution in [3.63, 3.8) is 0 Å². The molecule has 0 unspecified atom stereocenters. The van der Waals surface area contributed by atoms with E-state index in [9.17, 15) is 0 Å². The molecule has 6 aromatic carbocycles. The van der Waals surface area contributed by atoms with Crippen LogP contribution in [0.5, 0.6) is 11.5 Å². The van der Waals surface area contributed by atoms with Crippen molar-refractivity contribution in [2.75, 3.05) is 77.5 Å². The monoisotopic (exact) mass is 1090 g/mol. The second-order valence-corrected chi connectivity index (χ2v) is 19.4. The first-order chi connectivity index (χ1) is 39.3. The number of imidazole rings is 2. The van der Waals surface area contributed by atoms with Gasteiger partial charge in [-0.25, -0.2) is 29.9 Å². The number of nitrogens with one attached hydrogen (secondary N) is 2. The van der Waals surface area contributed by atoms with Gasteiger partial charge in [0.25, 0.3) is 0 Å². The fourth-order valence-corrected chi connectivity index (χ4v) is 9.78. The van der Waals surface area contributed by atoms with Gasteiger partial charge >= 0.3 is 7.12 Å². The van der Waals surface area contributed by atoms with E-state index in [1.807, 2.05) is 54.6 Å². The second kappa shape index (κ2) is 27.1. The zero-order chi connectivity index (χ0) is 55.0. The van der Waals surface area contributed by atoms with Gasteiger partial charge in [0.1, 0.15) is 52.6 Å². The average molecular weight is 1090 g/mol. The van der Waals surface area contributed by atoms with Crippen molar-refractivity contribution in [1.29, 1.82) is 0 Å². The maximum Gasteiger partial charge on any atom is 0.492 e. The Morgan fingerprint density at radius 3 is 1.54 bits per heavy atom. The van der Waals surface area contributed by atoms with Crippen molar-refractivity contribution in [1.82, 2.24) is 48.8 Å². The van der Waals surface area contributed by atoms with Crippen LogP contribution in [0.3, 0.4) is 0 Å². The molecular formula is C60H62BClN12O6. The van der Waals surface area contributed by atoms with Gasteiger partial charge in [0.15, 0.2) is 0 Å². The quantitative estimate of drug-likeness (QED) is 0.0530. The van der Waals surface area contributed by atoms with Gasteiger partial charge < -0.3 is 48.8 Å². The van der Waals surface area contributed by atoms with E-state index >= 15 is 0 Å². The van der Waals surface area contributed by atoms with E-state index in [4.69, 9.17) is 50.6 Å². The highest BCUT2D eigenvalue weighted by molar-refractivity contribution is 6.59. The van der Waals surface area contributed by atoms with Gasteiger partial charge in [0.05, 0.1) is 81.5 Å². The number of aromatic nitrogens is 8. The van der Waals surface area contributed by atoms with Crippen LogP contribution in [-0.4, -0.2) is 133 Å². The SMILES string of the molecule is COc1ccccc1-c1cc(Nc2cccc(Cn3c(CN4CCOCC4)nc4ccccc43)c2)ncn1.COc1ccccc1B(O)O.Clc1cc(Nc2cccc(Cn3c(CN4CCOCC4)nc4ccccc43)c2)ncn1. The molecule has 0 amide bonds. The molecule has 4 aromatic heterocycles. The van der Waals surface area contributed by atoms with Crippen LogP contribution in [0.15, 0.2) is 170 Å².